The third-order valence-corrected chi connectivity index (χ3v) is 4.12. The maximum Gasteiger partial charge on any atom is 0.237 e. The van der Waals surface area contributed by atoms with Crippen LogP contribution in [0.3, 0.4) is 0 Å². The van der Waals surface area contributed by atoms with Gasteiger partial charge in [-0.25, -0.2) is 0 Å². The van der Waals surface area contributed by atoms with Gasteiger partial charge in [-0.1, -0.05) is 34.1 Å². The summed E-state index contributed by atoms with van der Waals surface area (Å²) in [5.74, 6) is 0.989. The number of carbonyl (C=O) groups is 1. The normalized spacial score (nSPS) is 19.3. The van der Waals surface area contributed by atoms with Crippen molar-refractivity contribution in [2.45, 2.75) is 59.0 Å². The van der Waals surface area contributed by atoms with Gasteiger partial charge in [0.25, 0.3) is 0 Å². The van der Waals surface area contributed by atoms with Crippen molar-refractivity contribution < 1.29 is 4.79 Å². The van der Waals surface area contributed by atoms with E-state index >= 15 is 0 Å². The predicted octanol–water partition coefficient (Wildman–Crippen LogP) is 2.44. The highest BCUT2D eigenvalue weighted by atomic mass is 35.5. The van der Waals surface area contributed by atoms with Crippen LogP contribution in [-0.2, 0) is 4.79 Å². The summed E-state index contributed by atoms with van der Waals surface area (Å²) in [5, 5.41) is 3.12. The fraction of sp³-hybridized carbons (Fsp3) is 0.933. The molecule has 4 nitrogen and oxygen atoms in total. The third kappa shape index (κ3) is 8.24. The van der Waals surface area contributed by atoms with Gasteiger partial charge in [-0.2, -0.15) is 0 Å². The summed E-state index contributed by atoms with van der Waals surface area (Å²) in [6.07, 6.45) is 3.04. The van der Waals surface area contributed by atoms with E-state index in [1.165, 1.54) is 0 Å². The molecule has 1 aliphatic rings. The topological polar surface area (TPSA) is 58.4 Å². The van der Waals surface area contributed by atoms with Crippen LogP contribution < -0.4 is 11.1 Å². The van der Waals surface area contributed by atoms with Gasteiger partial charge in [0, 0.05) is 25.7 Å². The van der Waals surface area contributed by atoms with E-state index in [9.17, 15) is 4.79 Å². The van der Waals surface area contributed by atoms with Crippen LogP contribution in [0, 0.1) is 11.8 Å². The lowest BCUT2D eigenvalue weighted by atomic mass is 9.98. The molecule has 0 aliphatic carbocycles. The van der Waals surface area contributed by atoms with Gasteiger partial charge in [-0.05, 0) is 24.7 Å². The second-order valence-corrected chi connectivity index (χ2v) is 6.39. The first kappa shape index (κ1) is 23.2. The predicted molar refractivity (Wildman–Crippen MR) is 94.4 cm³/mol. The minimum Gasteiger partial charge on any atom is -0.352 e. The van der Waals surface area contributed by atoms with Crippen LogP contribution in [0.15, 0.2) is 0 Å². The van der Waals surface area contributed by atoms with Gasteiger partial charge >= 0.3 is 0 Å². The highest BCUT2D eigenvalue weighted by Crippen LogP contribution is 2.13. The number of amides is 1. The fourth-order valence-electron chi connectivity index (χ4n) is 2.59. The lowest BCUT2D eigenvalue weighted by Gasteiger charge is -2.34. The van der Waals surface area contributed by atoms with Gasteiger partial charge in [-0.15, -0.1) is 24.8 Å². The molecular formula is C15H33Cl2N3O. The van der Waals surface area contributed by atoms with E-state index in [1.807, 2.05) is 6.92 Å². The van der Waals surface area contributed by atoms with E-state index in [1.54, 1.807) is 0 Å². The number of hydrogen-bond donors (Lipinski definition) is 2. The Balaban J connectivity index is 0. The Morgan fingerprint density at radius 3 is 2.19 bits per heavy atom. The standard InChI is InChI=1S/C15H31N3O.2ClH/c1-5-12(4)14(16)15(19)17-13-6-8-18(9-7-13)10-11(2)3;;/h11-14H,5-10,16H2,1-4H3,(H,17,19);2*1H. The summed E-state index contributed by atoms with van der Waals surface area (Å²) in [6.45, 7) is 11.9. The smallest absolute Gasteiger partial charge is 0.237 e. The molecule has 6 heteroatoms. The van der Waals surface area contributed by atoms with Crippen LogP contribution in [0.5, 0.6) is 0 Å². The van der Waals surface area contributed by atoms with E-state index in [0.717, 1.165) is 38.9 Å². The summed E-state index contributed by atoms with van der Waals surface area (Å²) in [6, 6.07) is -0.0512. The molecule has 3 N–H and O–H groups in total. The Kier molecular flexibility index (Phi) is 12.8. The zero-order valence-corrected chi connectivity index (χ0v) is 15.4. The van der Waals surface area contributed by atoms with Gasteiger partial charge in [0.1, 0.15) is 0 Å². The summed E-state index contributed by atoms with van der Waals surface area (Å²) in [4.78, 5) is 14.5. The number of likely N-dealkylation sites (tertiary alicyclic amines) is 1. The molecule has 2 atom stereocenters. The van der Waals surface area contributed by atoms with Crippen LogP contribution in [0.2, 0.25) is 0 Å². The third-order valence-electron chi connectivity index (χ3n) is 4.12. The van der Waals surface area contributed by atoms with Crippen molar-refractivity contribution in [3.05, 3.63) is 0 Å². The Morgan fingerprint density at radius 2 is 1.76 bits per heavy atom. The average Bonchev–Trinajstić information content (AvgIpc) is 2.38. The highest BCUT2D eigenvalue weighted by molar-refractivity contribution is 5.85. The molecule has 0 saturated carbocycles. The number of nitrogens with two attached hydrogens (primary N) is 1. The molecular weight excluding hydrogens is 309 g/mol. The van der Waals surface area contributed by atoms with Crippen LogP contribution in [-0.4, -0.2) is 42.5 Å². The molecule has 0 radical (unpaired) electrons. The van der Waals surface area contributed by atoms with Gasteiger partial charge in [0.05, 0.1) is 6.04 Å². The molecule has 1 fully saturated rings. The molecule has 0 aromatic carbocycles. The summed E-state index contributed by atoms with van der Waals surface area (Å²) < 4.78 is 0. The van der Waals surface area contributed by atoms with Gasteiger partial charge in [-0.3, -0.25) is 4.79 Å². The van der Waals surface area contributed by atoms with Crippen molar-refractivity contribution >= 4 is 30.7 Å². The minimum absolute atomic E-state index is 0. The molecule has 0 aromatic heterocycles. The quantitative estimate of drug-likeness (QED) is 0.779. The Hall–Kier alpha value is -0.0300. The van der Waals surface area contributed by atoms with Crippen molar-refractivity contribution in [3.8, 4) is 0 Å². The van der Waals surface area contributed by atoms with E-state index in [2.05, 4.69) is 31.0 Å². The molecule has 1 amide bonds. The number of halogens is 2. The van der Waals surface area contributed by atoms with Crippen molar-refractivity contribution in [3.63, 3.8) is 0 Å². The zero-order chi connectivity index (χ0) is 14.4. The number of nitrogens with zero attached hydrogens (tertiary/aromatic N) is 1. The van der Waals surface area contributed by atoms with Crippen molar-refractivity contribution in [2.75, 3.05) is 19.6 Å². The number of piperidine rings is 1. The van der Waals surface area contributed by atoms with E-state index in [-0.39, 0.29) is 42.7 Å². The maximum atomic E-state index is 12.0. The second kappa shape index (κ2) is 11.5. The minimum atomic E-state index is -0.362. The zero-order valence-electron chi connectivity index (χ0n) is 13.8. The first-order chi connectivity index (χ1) is 8.93. The monoisotopic (exact) mass is 341 g/mol. The molecule has 2 unspecified atom stereocenters. The first-order valence-electron chi connectivity index (χ1n) is 7.72. The molecule has 21 heavy (non-hydrogen) atoms. The highest BCUT2D eigenvalue weighted by Gasteiger charge is 2.25. The Labute approximate surface area is 142 Å². The van der Waals surface area contributed by atoms with Crippen molar-refractivity contribution in [1.82, 2.24) is 10.2 Å². The van der Waals surface area contributed by atoms with E-state index < -0.39 is 0 Å². The maximum absolute atomic E-state index is 12.0. The molecule has 1 heterocycles. The van der Waals surface area contributed by atoms with Crippen LogP contribution in [0.4, 0.5) is 0 Å². The van der Waals surface area contributed by atoms with E-state index in [0.29, 0.717) is 12.0 Å². The van der Waals surface area contributed by atoms with Crippen LogP contribution in [0.1, 0.15) is 47.0 Å². The molecule has 0 bridgehead atoms. The average molecular weight is 342 g/mol. The molecule has 128 valence electrons. The number of carbonyl (C=O) groups excluding carboxylic acids is 1. The van der Waals surface area contributed by atoms with Gasteiger partial charge in [0.2, 0.25) is 5.91 Å². The summed E-state index contributed by atoms with van der Waals surface area (Å²) in [5.41, 5.74) is 5.96. The van der Waals surface area contributed by atoms with Crippen molar-refractivity contribution in [1.29, 1.82) is 0 Å². The Morgan fingerprint density at radius 1 is 1.24 bits per heavy atom. The number of rotatable bonds is 6. The SMILES string of the molecule is CCC(C)C(N)C(=O)NC1CCN(CC(C)C)CC1.Cl.Cl. The largest absolute Gasteiger partial charge is 0.352 e. The van der Waals surface area contributed by atoms with Gasteiger partial charge < -0.3 is 16.0 Å². The molecule has 1 aliphatic heterocycles. The first-order valence-corrected chi connectivity index (χ1v) is 7.72. The molecule has 0 spiro atoms. The lowest BCUT2D eigenvalue weighted by molar-refractivity contribution is -0.124. The van der Waals surface area contributed by atoms with E-state index in [4.69, 9.17) is 5.73 Å². The summed E-state index contributed by atoms with van der Waals surface area (Å²) >= 11 is 0. The molecule has 1 saturated heterocycles. The van der Waals surface area contributed by atoms with Crippen LogP contribution in [0.25, 0.3) is 0 Å². The molecule has 1 rings (SSSR count). The Bertz CT molecular complexity index is 282. The second-order valence-electron chi connectivity index (χ2n) is 6.39. The number of hydrogen-bond acceptors (Lipinski definition) is 3. The number of nitrogens with one attached hydrogen (secondary N) is 1. The van der Waals surface area contributed by atoms with Crippen LogP contribution >= 0.6 is 24.8 Å². The lowest BCUT2D eigenvalue weighted by Crippen LogP contribution is -2.51. The van der Waals surface area contributed by atoms with Crippen molar-refractivity contribution in [2.24, 2.45) is 17.6 Å². The molecule has 0 aromatic rings. The summed E-state index contributed by atoms with van der Waals surface area (Å²) in [7, 11) is 0. The van der Waals surface area contributed by atoms with Gasteiger partial charge in [0.15, 0.2) is 0 Å². The fourth-order valence-corrected chi connectivity index (χ4v) is 2.59.